The minimum atomic E-state index is -0.518. The van der Waals surface area contributed by atoms with Crippen LogP contribution in [0.4, 0.5) is 8.78 Å². The highest BCUT2D eigenvalue weighted by atomic mass is 19.1. The molecule has 0 aliphatic heterocycles. The van der Waals surface area contributed by atoms with Crippen LogP contribution in [0.2, 0.25) is 0 Å². The Morgan fingerprint density at radius 2 is 2.00 bits per heavy atom. The van der Waals surface area contributed by atoms with Gasteiger partial charge in [-0.2, -0.15) is 0 Å². The third kappa shape index (κ3) is 5.29. The molecule has 1 aliphatic carbocycles. The van der Waals surface area contributed by atoms with Crippen molar-refractivity contribution in [2.75, 3.05) is 6.61 Å². The molecule has 2 aromatic carbocycles. The van der Waals surface area contributed by atoms with Crippen LogP contribution in [0.5, 0.6) is 5.75 Å². The predicted octanol–water partition coefficient (Wildman–Crippen LogP) is 4.35. The van der Waals surface area contributed by atoms with Crippen LogP contribution in [0.15, 0.2) is 42.5 Å². The zero-order valence-electron chi connectivity index (χ0n) is 16.0. The molecule has 4 nitrogen and oxygen atoms in total. The van der Waals surface area contributed by atoms with Gasteiger partial charge in [0.15, 0.2) is 0 Å². The van der Waals surface area contributed by atoms with E-state index in [1.807, 2.05) is 6.92 Å². The Hall–Kier alpha value is -2.47. The second-order valence-electron chi connectivity index (χ2n) is 7.40. The molecule has 3 N–H and O–H groups in total. The van der Waals surface area contributed by atoms with Crippen molar-refractivity contribution in [3.63, 3.8) is 0 Å². The molecule has 0 aromatic heterocycles. The van der Waals surface area contributed by atoms with Gasteiger partial charge in [0.05, 0.1) is 12.2 Å². The van der Waals surface area contributed by atoms with Gasteiger partial charge in [0.1, 0.15) is 17.4 Å². The lowest BCUT2D eigenvalue weighted by atomic mass is 9.99. The van der Waals surface area contributed by atoms with E-state index >= 15 is 0 Å². The van der Waals surface area contributed by atoms with Crippen LogP contribution < -0.4 is 15.8 Å². The number of para-hydroxylation sites is 1. The van der Waals surface area contributed by atoms with E-state index in [-0.39, 0.29) is 17.9 Å². The van der Waals surface area contributed by atoms with Gasteiger partial charge in [-0.3, -0.25) is 4.79 Å². The molecular weight excluding hydrogens is 362 g/mol. The van der Waals surface area contributed by atoms with Crippen molar-refractivity contribution in [1.29, 1.82) is 0 Å². The quantitative estimate of drug-likeness (QED) is 0.595. The summed E-state index contributed by atoms with van der Waals surface area (Å²) in [6.45, 7) is 2.47. The number of ether oxygens (including phenoxy) is 1. The van der Waals surface area contributed by atoms with E-state index in [0.29, 0.717) is 29.4 Å². The van der Waals surface area contributed by atoms with E-state index in [1.165, 1.54) is 12.1 Å². The molecule has 2 aromatic rings. The summed E-state index contributed by atoms with van der Waals surface area (Å²) in [6.07, 6.45) is 3.60. The van der Waals surface area contributed by atoms with Gasteiger partial charge in [0.25, 0.3) is 5.91 Å². The Balaban J connectivity index is 1.51. The molecule has 6 heteroatoms. The van der Waals surface area contributed by atoms with Crippen LogP contribution in [0, 0.1) is 17.6 Å². The fourth-order valence-electron chi connectivity index (χ4n) is 3.42. The summed E-state index contributed by atoms with van der Waals surface area (Å²) in [4.78, 5) is 11.4. The molecule has 2 unspecified atom stereocenters. The molecule has 2 atom stereocenters. The highest BCUT2D eigenvalue weighted by Crippen LogP contribution is 2.42. The summed E-state index contributed by atoms with van der Waals surface area (Å²) < 4.78 is 33.5. The molecule has 1 amide bonds. The Kier molecular flexibility index (Phi) is 6.62. The first-order valence-electron chi connectivity index (χ1n) is 9.68. The Morgan fingerprint density at radius 1 is 1.25 bits per heavy atom. The number of carbonyl (C=O) groups is 1. The van der Waals surface area contributed by atoms with Gasteiger partial charge in [-0.05, 0) is 68.9 Å². The van der Waals surface area contributed by atoms with Gasteiger partial charge in [-0.25, -0.2) is 8.78 Å². The maximum Gasteiger partial charge on any atom is 0.252 e. The van der Waals surface area contributed by atoms with Crippen molar-refractivity contribution < 1.29 is 18.3 Å². The first-order valence-corrected chi connectivity index (χ1v) is 9.68. The molecule has 0 spiro atoms. The summed E-state index contributed by atoms with van der Waals surface area (Å²) in [5.41, 5.74) is 6.12. The van der Waals surface area contributed by atoms with E-state index in [1.54, 1.807) is 24.3 Å². The number of primary amides is 1. The first kappa shape index (κ1) is 20.3. The monoisotopic (exact) mass is 388 g/mol. The second kappa shape index (κ2) is 9.15. The summed E-state index contributed by atoms with van der Waals surface area (Å²) in [7, 11) is 0. The van der Waals surface area contributed by atoms with Crippen molar-refractivity contribution in [2.45, 2.75) is 44.7 Å². The van der Waals surface area contributed by atoms with E-state index in [4.69, 9.17) is 10.5 Å². The number of carbonyl (C=O) groups excluding carboxylic acids is 1. The Bertz CT molecular complexity index is 824. The number of nitrogens with two attached hydrogens (primary N) is 1. The molecule has 28 heavy (non-hydrogen) atoms. The molecular formula is C22H26F2N2O2. The summed E-state index contributed by atoms with van der Waals surface area (Å²) in [5, 5.41) is 3.46. The first-order chi connectivity index (χ1) is 13.5. The Morgan fingerprint density at radius 3 is 2.71 bits per heavy atom. The maximum absolute atomic E-state index is 14.2. The van der Waals surface area contributed by atoms with Crippen LogP contribution in [0.3, 0.4) is 0 Å². The van der Waals surface area contributed by atoms with Crippen LogP contribution >= 0.6 is 0 Å². The van der Waals surface area contributed by atoms with Crippen molar-refractivity contribution in [3.05, 3.63) is 65.2 Å². The zero-order chi connectivity index (χ0) is 20.1. The number of hydrogen-bond donors (Lipinski definition) is 2. The highest BCUT2D eigenvalue weighted by Gasteiger charge is 2.34. The maximum atomic E-state index is 14.2. The van der Waals surface area contributed by atoms with Gasteiger partial charge in [0, 0.05) is 17.6 Å². The highest BCUT2D eigenvalue weighted by molar-refractivity contribution is 5.95. The zero-order valence-corrected chi connectivity index (χ0v) is 16.0. The normalized spacial score (nSPS) is 15.8. The van der Waals surface area contributed by atoms with Gasteiger partial charge in [-0.15, -0.1) is 0 Å². The lowest BCUT2D eigenvalue weighted by Gasteiger charge is -2.24. The van der Waals surface area contributed by atoms with Crippen LogP contribution in [-0.2, 0) is 0 Å². The smallest absolute Gasteiger partial charge is 0.252 e. The number of benzene rings is 2. The van der Waals surface area contributed by atoms with Gasteiger partial charge in [0.2, 0.25) is 0 Å². The van der Waals surface area contributed by atoms with Crippen molar-refractivity contribution in [2.24, 2.45) is 11.7 Å². The summed E-state index contributed by atoms with van der Waals surface area (Å²) in [5.74, 6) is -0.483. The van der Waals surface area contributed by atoms with E-state index < -0.39 is 11.7 Å². The fraction of sp³-hybridized carbons (Fsp3) is 0.409. The molecule has 1 fully saturated rings. The number of rotatable bonds is 10. The number of amides is 1. The third-order valence-electron chi connectivity index (χ3n) is 5.04. The second-order valence-corrected chi connectivity index (χ2v) is 7.40. The van der Waals surface area contributed by atoms with Crippen LogP contribution in [0.1, 0.15) is 54.6 Å². The molecule has 0 bridgehead atoms. The molecule has 1 saturated carbocycles. The third-order valence-corrected chi connectivity index (χ3v) is 5.04. The standard InChI is InChI=1S/C22H26F2N2O2/c1-14(5-4-12-28-20-7-3-2-6-17(20)22(25)27)26-21(15-8-9-15)18-13-16(23)10-11-19(18)24/h2-3,6-7,10-11,13-15,21,26H,4-5,8-9,12H2,1H3,(H2,25,27). The lowest BCUT2D eigenvalue weighted by Crippen LogP contribution is -2.32. The van der Waals surface area contributed by atoms with Crippen LogP contribution in [0.25, 0.3) is 0 Å². The van der Waals surface area contributed by atoms with Crippen molar-refractivity contribution in [1.82, 2.24) is 5.32 Å². The molecule has 3 rings (SSSR count). The van der Waals surface area contributed by atoms with Gasteiger partial charge in [-0.1, -0.05) is 12.1 Å². The van der Waals surface area contributed by atoms with Crippen molar-refractivity contribution in [3.8, 4) is 5.75 Å². The summed E-state index contributed by atoms with van der Waals surface area (Å²) in [6, 6.07) is 10.5. The SMILES string of the molecule is CC(CCCOc1ccccc1C(N)=O)NC(c1cc(F)ccc1F)C1CC1. The van der Waals surface area contributed by atoms with Gasteiger partial charge >= 0.3 is 0 Å². The Labute approximate surface area is 164 Å². The van der Waals surface area contributed by atoms with E-state index in [2.05, 4.69) is 5.32 Å². The molecule has 0 heterocycles. The topological polar surface area (TPSA) is 64.3 Å². The fourth-order valence-corrected chi connectivity index (χ4v) is 3.42. The molecule has 0 saturated heterocycles. The molecule has 0 radical (unpaired) electrons. The summed E-state index contributed by atoms with van der Waals surface area (Å²) >= 11 is 0. The van der Waals surface area contributed by atoms with Crippen molar-refractivity contribution >= 4 is 5.91 Å². The average molecular weight is 388 g/mol. The number of halogens is 2. The van der Waals surface area contributed by atoms with Crippen LogP contribution in [-0.4, -0.2) is 18.6 Å². The van der Waals surface area contributed by atoms with E-state index in [0.717, 1.165) is 31.7 Å². The van der Waals surface area contributed by atoms with E-state index in [9.17, 15) is 13.6 Å². The molecule has 1 aliphatic rings. The average Bonchev–Trinajstić information content (AvgIpc) is 3.51. The minimum Gasteiger partial charge on any atom is -0.493 e. The van der Waals surface area contributed by atoms with Gasteiger partial charge < -0.3 is 15.8 Å². The minimum absolute atomic E-state index is 0.114. The number of nitrogens with one attached hydrogen (secondary N) is 1. The lowest BCUT2D eigenvalue weighted by molar-refractivity contribution is 0.0996. The largest absolute Gasteiger partial charge is 0.493 e. The predicted molar refractivity (Wildman–Crippen MR) is 104 cm³/mol. The molecule has 150 valence electrons. The number of hydrogen-bond acceptors (Lipinski definition) is 3.